The van der Waals surface area contributed by atoms with Gasteiger partial charge in [-0.15, -0.1) is 11.3 Å². The Hall–Kier alpha value is -3.16. The van der Waals surface area contributed by atoms with Crippen LogP contribution in [0.2, 0.25) is 0 Å². The predicted octanol–water partition coefficient (Wildman–Crippen LogP) is -0.437. The van der Waals surface area contributed by atoms with Crippen LogP contribution in [0.5, 0.6) is 5.75 Å². The summed E-state index contributed by atoms with van der Waals surface area (Å²) >= 11 is 1.16. The van der Waals surface area contributed by atoms with E-state index in [4.69, 9.17) is 9.76 Å². The van der Waals surface area contributed by atoms with E-state index in [0.717, 1.165) is 11.3 Å². The van der Waals surface area contributed by atoms with Gasteiger partial charge in [0.05, 0.1) is 18.1 Å². The number of carboxylic acid groups (broad SMARTS) is 1. The number of hydrogen-bond acceptors (Lipinski definition) is 10. The smallest absolute Gasteiger partial charge is 0.534 e. The lowest BCUT2D eigenvalue weighted by Gasteiger charge is -2.28. The zero-order valence-corrected chi connectivity index (χ0v) is 15.7. The van der Waals surface area contributed by atoms with Gasteiger partial charge in [0.2, 0.25) is 0 Å². The fourth-order valence-electron chi connectivity index (χ4n) is 2.79. The fraction of sp³-hybridized carbons (Fsp3) is 0.250. The molecule has 152 valence electrons. The van der Waals surface area contributed by atoms with Crippen LogP contribution in [0.3, 0.4) is 0 Å². The summed E-state index contributed by atoms with van der Waals surface area (Å²) in [4.78, 5) is 27.9. The lowest BCUT2D eigenvalue weighted by atomic mass is 9.72. The van der Waals surface area contributed by atoms with E-state index in [9.17, 15) is 24.9 Å². The molecule has 1 aliphatic rings. The van der Waals surface area contributed by atoms with Crippen molar-refractivity contribution in [2.24, 2.45) is 5.16 Å². The van der Waals surface area contributed by atoms with Gasteiger partial charge in [-0.1, -0.05) is 17.3 Å². The van der Waals surface area contributed by atoms with Gasteiger partial charge in [-0.05, 0) is 18.1 Å². The Kier molecular flexibility index (Phi) is 6.31. The molecule has 3 rings (SSSR count). The molecule has 2 aromatic rings. The molecule has 0 saturated heterocycles. The molecule has 29 heavy (non-hydrogen) atoms. The lowest BCUT2D eigenvalue weighted by molar-refractivity contribution is -0.115. The number of aliphatic hydroxyl groups is 1. The third-order valence-corrected chi connectivity index (χ3v) is 4.92. The Morgan fingerprint density at radius 3 is 2.90 bits per heavy atom. The molecule has 13 heteroatoms. The van der Waals surface area contributed by atoms with Crippen molar-refractivity contribution in [1.82, 2.24) is 10.3 Å². The second kappa shape index (κ2) is 8.90. The largest absolute Gasteiger partial charge is 0.547 e. The number of benzene rings is 1. The first-order chi connectivity index (χ1) is 13.9. The summed E-state index contributed by atoms with van der Waals surface area (Å²) < 4.78 is 5.32. The van der Waals surface area contributed by atoms with E-state index in [1.54, 1.807) is 12.1 Å². The highest BCUT2D eigenvalue weighted by Gasteiger charge is 2.38. The van der Waals surface area contributed by atoms with Crippen molar-refractivity contribution >= 4 is 41.2 Å². The van der Waals surface area contributed by atoms with Crippen molar-refractivity contribution in [3.8, 4) is 5.75 Å². The minimum absolute atomic E-state index is 0.0492. The predicted molar refractivity (Wildman–Crippen MR) is 104 cm³/mol. The number of rotatable bonds is 7. The van der Waals surface area contributed by atoms with Crippen LogP contribution in [0.15, 0.2) is 28.7 Å². The Morgan fingerprint density at radius 1 is 1.41 bits per heavy atom. The number of oxime groups is 1. The maximum atomic E-state index is 12.5. The Morgan fingerprint density at radius 2 is 2.21 bits per heavy atom. The first kappa shape index (κ1) is 20.6. The molecule has 1 amide bonds. The quantitative estimate of drug-likeness (QED) is 0.150. The van der Waals surface area contributed by atoms with Crippen LogP contribution < -0.4 is 15.3 Å². The molecule has 1 aromatic carbocycles. The topological polar surface area (TPSA) is 174 Å². The molecular formula is C16H17BN4O7S. The van der Waals surface area contributed by atoms with Crippen LogP contribution in [0, 0.1) is 0 Å². The van der Waals surface area contributed by atoms with Gasteiger partial charge in [0.25, 0.3) is 5.91 Å². The summed E-state index contributed by atoms with van der Waals surface area (Å²) in [5.74, 6) is -2.84. The molecule has 0 bridgehead atoms. The number of carbonyl (C=O) groups excluding carboxylic acids is 1. The molecule has 1 unspecified atom stereocenters. The van der Waals surface area contributed by atoms with Crippen LogP contribution in [-0.2, 0) is 11.2 Å². The molecule has 0 spiro atoms. The average Bonchev–Trinajstić information content (AvgIpc) is 3.15. The van der Waals surface area contributed by atoms with Gasteiger partial charge < -0.3 is 35.7 Å². The van der Waals surface area contributed by atoms with Crippen molar-refractivity contribution in [2.75, 3.05) is 18.5 Å². The maximum Gasteiger partial charge on any atom is 0.547 e. The van der Waals surface area contributed by atoms with E-state index in [1.165, 1.54) is 11.4 Å². The number of anilines is 1. The number of amides is 1. The van der Waals surface area contributed by atoms with Gasteiger partial charge in [0.15, 0.2) is 10.8 Å². The van der Waals surface area contributed by atoms with Crippen LogP contribution in [0.25, 0.3) is 0 Å². The van der Waals surface area contributed by atoms with Gasteiger partial charge in [-0.25, -0.2) is 9.78 Å². The standard InChI is InChI=1S/C16H17BN4O7S/c22-5-4-18-16-19-10(7-29-16)12(21-27)14(23)20-11-6-8-2-1-3-9(15(24)25)13(8)28-17(11)26/h1-3,7,11,22,26-27H,4-6H2,(H,18,19)(H,20,23)(H,24,25). The summed E-state index contributed by atoms with van der Waals surface area (Å²) in [6.07, 6.45) is 0.114. The number of fused-ring (bicyclic) bond motifs is 1. The Labute approximate surface area is 168 Å². The molecule has 2 heterocycles. The minimum Gasteiger partial charge on any atom is -0.534 e. The van der Waals surface area contributed by atoms with Crippen molar-refractivity contribution < 1.29 is 34.7 Å². The number of nitrogens with zero attached hydrogens (tertiary/aromatic N) is 2. The van der Waals surface area contributed by atoms with Crippen molar-refractivity contribution in [1.29, 1.82) is 0 Å². The number of nitrogens with one attached hydrogen (secondary N) is 2. The van der Waals surface area contributed by atoms with E-state index >= 15 is 0 Å². The van der Waals surface area contributed by atoms with Crippen LogP contribution >= 0.6 is 11.3 Å². The third kappa shape index (κ3) is 4.47. The number of thiazole rings is 1. The molecule has 0 fully saturated rings. The molecule has 0 aliphatic carbocycles. The second-order valence-electron chi connectivity index (χ2n) is 6.03. The second-order valence-corrected chi connectivity index (χ2v) is 6.89. The number of aromatic nitrogens is 1. The number of hydrogen-bond donors (Lipinski definition) is 6. The molecule has 11 nitrogen and oxygen atoms in total. The Bertz CT molecular complexity index is 951. The number of carboxylic acids is 1. The Balaban J connectivity index is 1.73. The first-order valence-corrected chi connectivity index (χ1v) is 9.36. The molecule has 6 N–H and O–H groups in total. The minimum atomic E-state index is -1.50. The molecule has 0 radical (unpaired) electrons. The molecule has 0 saturated carbocycles. The normalized spacial score (nSPS) is 16.0. The van der Waals surface area contributed by atoms with Gasteiger partial charge in [-0.2, -0.15) is 0 Å². The van der Waals surface area contributed by atoms with Gasteiger partial charge >= 0.3 is 13.1 Å². The lowest BCUT2D eigenvalue weighted by Crippen LogP contribution is -2.54. The van der Waals surface area contributed by atoms with Crippen molar-refractivity contribution in [3.05, 3.63) is 40.4 Å². The summed E-state index contributed by atoms with van der Waals surface area (Å²) in [7, 11) is -1.50. The fourth-order valence-corrected chi connectivity index (χ4v) is 3.52. The highest BCUT2D eigenvalue weighted by Crippen LogP contribution is 2.30. The van der Waals surface area contributed by atoms with Crippen LogP contribution in [0.1, 0.15) is 21.6 Å². The first-order valence-electron chi connectivity index (χ1n) is 8.48. The van der Waals surface area contributed by atoms with E-state index in [2.05, 4.69) is 20.8 Å². The summed E-state index contributed by atoms with van der Waals surface area (Å²) in [5, 5.41) is 47.8. The number of para-hydroxylation sites is 1. The molecular weight excluding hydrogens is 403 g/mol. The summed E-state index contributed by atoms with van der Waals surface area (Å²) in [5.41, 5.74) is 0.159. The number of carbonyl (C=O) groups is 2. The third-order valence-electron chi connectivity index (χ3n) is 4.12. The number of aromatic carboxylic acids is 1. The molecule has 1 atom stereocenters. The van der Waals surface area contributed by atoms with E-state index in [-0.39, 0.29) is 42.3 Å². The monoisotopic (exact) mass is 420 g/mol. The maximum absolute atomic E-state index is 12.5. The van der Waals surface area contributed by atoms with E-state index < -0.39 is 24.9 Å². The van der Waals surface area contributed by atoms with Crippen molar-refractivity contribution in [3.63, 3.8) is 0 Å². The van der Waals surface area contributed by atoms with E-state index in [1.807, 2.05) is 0 Å². The zero-order chi connectivity index (χ0) is 21.0. The van der Waals surface area contributed by atoms with Crippen molar-refractivity contribution in [2.45, 2.75) is 12.4 Å². The van der Waals surface area contributed by atoms with Crippen LogP contribution in [-0.4, -0.2) is 69.2 Å². The number of aliphatic hydroxyl groups excluding tert-OH is 1. The highest BCUT2D eigenvalue weighted by atomic mass is 32.1. The van der Waals surface area contributed by atoms with Crippen LogP contribution in [0.4, 0.5) is 5.13 Å². The van der Waals surface area contributed by atoms with Gasteiger partial charge in [0.1, 0.15) is 11.4 Å². The van der Waals surface area contributed by atoms with E-state index in [0.29, 0.717) is 10.7 Å². The molecule has 1 aromatic heterocycles. The zero-order valence-electron chi connectivity index (χ0n) is 14.9. The van der Waals surface area contributed by atoms with Gasteiger partial charge in [0, 0.05) is 11.9 Å². The summed E-state index contributed by atoms with van der Waals surface area (Å²) in [6.45, 7) is 0.176. The summed E-state index contributed by atoms with van der Waals surface area (Å²) in [6, 6.07) is 4.53. The average molecular weight is 420 g/mol. The SMILES string of the molecule is O=C(NC1Cc2cccc(C(=O)O)c2OB1O)C(=NO)c1csc(NCCO)n1. The van der Waals surface area contributed by atoms with Gasteiger partial charge in [-0.3, -0.25) is 4.79 Å². The highest BCUT2D eigenvalue weighted by molar-refractivity contribution is 7.14. The molecule has 1 aliphatic heterocycles.